The van der Waals surface area contributed by atoms with E-state index in [4.69, 9.17) is 19.4 Å². The second-order valence-corrected chi connectivity index (χ2v) is 17.2. The van der Waals surface area contributed by atoms with Gasteiger partial charge in [-0.05, 0) is 111 Å². The van der Waals surface area contributed by atoms with Crippen molar-refractivity contribution in [2.45, 2.75) is 0 Å². The first-order valence-corrected chi connectivity index (χ1v) is 22.9. The molecule has 0 aliphatic rings. The summed E-state index contributed by atoms with van der Waals surface area (Å²) in [4.78, 5) is 15.2. The van der Waals surface area contributed by atoms with E-state index in [2.05, 4.69) is 193 Å². The van der Waals surface area contributed by atoms with Crippen molar-refractivity contribution in [3.63, 3.8) is 0 Å². The van der Waals surface area contributed by atoms with Gasteiger partial charge in [-0.2, -0.15) is 0 Å². The average molecular weight is 869 g/mol. The zero-order valence-corrected chi connectivity index (χ0v) is 36.8. The Bertz CT molecular complexity index is 3970. The third kappa shape index (κ3) is 7.02. The van der Waals surface area contributed by atoms with Gasteiger partial charge in [-0.25, -0.2) is 15.0 Å². The third-order valence-corrected chi connectivity index (χ3v) is 13.0. The summed E-state index contributed by atoms with van der Waals surface area (Å²) in [6.45, 7) is 0. The number of hydrogen-bond donors (Lipinski definition) is 0. The molecule has 318 valence electrons. The Hall–Kier alpha value is -9.19. The molecule has 0 N–H and O–H groups in total. The van der Waals surface area contributed by atoms with E-state index < -0.39 is 0 Å². The molecule has 0 radical (unpaired) electrons. The first kappa shape index (κ1) is 39.2. The largest absolute Gasteiger partial charge is 0.456 e. The third-order valence-electron chi connectivity index (χ3n) is 13.0. The Kier molecular flexibility index (Phi) is 9.43. The van der Waals surface area contributed by atoms with Gasteiger partial charge in [-0.1, -0.05) is 176 Å². The lowest BCUT2D eigenvalue weighted by atomic mass is 9.93. The monoisotopic (exact) mass is 868 g/mol. The van der Waals surface area contributed by atoms with Crippen molar-refractivity contribution in [1.29, 1.82) is 0 Å². The summed E-state index contributed by atoms with van der Waals surface area (Å²) in [5.41, 5.74) is 16.9. The summed E-state index contributed by atoms with van der Waals surface area (Å²) < 4.78 is 8.69. The minimum absolute atomic E-state index is 0.581. The molecule has 10 aromatic carbocycles. The lowest BCUT2D eigenvalue weighted by Gasteiger charge is -2.13. The van der Waals surface area contributed by atoms with E-state index >= 15 is 0 Å². The summed E-state index contributed by atoms with van der Waals surface area (Å²) in [6, 6.07) is 85.6. The molecule has 13 aromatic rings. The summed E-state index contributed by atoms with van der Waals surface area (Å²) in [5, 5.41) is 4.56. The van der Waals surface area contributed by atoms with E-state index in [1.54, 1.807) is 0 Å². The molecule has 0 fully saturated rings. The minimum Gasteiger partial charge on any atom is -0.456 e. The Labute approximate surface area is 392 Å². The molecule has 3 aromatic heterocycles. The van der Waals surface area contributed by atoms with Gasteiger partial charge in [0.15, 0.2) is 17.5 Å². The van der Waals surface area contributed by atoms with E-state index in [1.807, 2.05) is 54.6 Å². The fourth-order valence-corrected chi connectivity index (χ4v) is 9.69. The summed E-state index contributed by atoms with van der Waals surface area (Å²) in [6.07, 6.45) is 0. The van der Waals surface area contributed by atoms with E-state index in [0.717, 1.165) is 72.0 Å². The lowest BCUT2D eigenvalue weighted by molar-refractivity contribution is 0.669. The molecule has 0 saturated heterocycles. The standard InChI is InChI=1S/C63H40N4O/c1-4-16-41(17-5-1)49-35-50(42-18-6-2-7-19-42)37-51(36-49)46-30-32-54-53-26-10-12-28-57(53)67(58(54)39-46)52-25-15-23-45(38-52)44-22-14-24-47(34-44)62-64-61(43-20-8-3-9-21-43)65-63(66-62)48-31-33-56-55-27-11-13-29-59(55)68-60(56)40-48/h1-40H. The van der Waals surface area contributed by atoms with E-state index in [1.165, 1.54) is 38.6 Å². The molecule has 0 aliphatic heterocycles. The van der Waals surface area contributed by atoms with Crippen LogP contribution in [0, 0.1) is 0 Å². The van der Waals surface area contributed by atoms with Crippen molar-refractivity contribution in [3.05, 3.63) is 243 Å². The van der Waals surface area contributed by atoms with Gasteiger partial charge in [0.1, 0.15) is 11.2 Å². The first-order chi connectivity index (χ1) is 33.7. The molecule has 0 saturated carbocycles. The number of furan rings is 1. The lowest BCUT2D eigenvalue weighted by Crippen LogP contribution is -2.00. The summed E-state index contributed by atoms with van der Waals surface area (Å²) in [7, 11) is 0. The molecular weight excluding hydrogens is 829 g/mol. The van der Waals surface area contributed by atoms with Crippen LogP contribution in [0.1, 0.15) is 0 Å². The maximum atomic E-state index is 6.28. The predicted molar refractivity (Wildman–Crippen MR) is 279 cm³/mol. The van der Waals surface area contributed by atoms with Crippen LogP contribution in [0.5, 0.6) is 0 Å². The molecule has 0 unspecified atom stereocenters. The molecule has 0 atom stereocenters. The number of fused-ring (bicyclic) bond motifs is 6. The SMILES string of the molecule is c1ccc(-c2cc(-c3ccccc3)cc(-c3ccc4c5ccccc5n(-c5cccc(-c6cccc(-c7nc(-c8ccccc8)nc(-c8ccc9c(c8)oc8ccccc89)n7)c6)c5)c4c3)c2)cc1. The van der Waals surface area contributed by atoms with Crippen LogP contribution in [0.25, 0.3) is 128 Å². The number of para-hydroxylation sites is 2. The fraction of sp³-hybridized carbons (Fsp3) is 0. The molecule has 0 bridgehead atoms. The van der Waals surface area contributed by atoms with Gasteiger partial charge in [0, 0.05) is 43.9 Å². The fourth-order valence-electron chi connectivity index (χ4n) is 9.69. The van der Waals surface area contributed by atoms with Crippen LogP contribution in [0.4, 0.5) is 0 Å². The molecule has 0 amide bonds. The molecule has 13 rings (SSSR count). The highest BCUT2D eigenvalue weighted by molar-refractivity contribution is 6.10. The van der Waals surface area contributed by atoms with Gasteiger partial charge in [-0.15, -0.1) is 0 Å². The van der Waals surface area contributed by atoms with Crippen molar-refractivity contribution in [1.82, 2.24) is 19.5 Å². The average Bonchev–Trinajstić information content (AvgIpc) is 3.96. The zero-order chi connectivity index (χ0) is 45.0. The molecule has 5 heteroatoms. The molecule has 68 heavy (non-hydrogen) atoms. The quantitative estimate of drug-likeness (QED) is 0.153. The van der Waals surface area contributed by atoms with Crippen LogP contribution in [-0.4, -0.2) is 19.5 Å². The maximum Gasteiger partial charge on any atom is 0.164 e. The number of nitrogens with zero attached hydrogens (tertiary/aromatic N) is 4. The molecule has 5 nitrogen and oxygen atoms in total. The van der Waals surface area contributed by atoms with Crippen molar-refractivity contribution in [2.75, 3.05) is 0 Å². The highest BCUT2D eigenvalue weighted by Crippen LogP contribution is 2.39. The molecule has 3 heterocycles. The Balaban J connectivity index is 0.917. The smallest absolute Gasteiger partial charge is 0.164 e. The second kappa shape index (κ2) is 16.4. The maximum absolute atomic E-state index is 6.28. The van der Waals surface area contributed by atoms with Crippen LogP contribution in [0.15, 0.2) is 247 Å². The first-order valence-electron chi connectivity index (χ1n) is 22.9. The van der Waals surface area contributed by atoms with Gasteiger partial charge in [0.25, 0.3) is 0 Å². The Morgan fingerprint density at radius 2 is 0.691 bits per heavy atom. The van der Waals surface area contributed by atoms with Gasteiger partial charge in [0.2, 0.25) is 0 Å². The van der Waals surface area contributed by atoms with Gasteiger partial charge in [-0.3, -0.25) is 0 Å². The van der Waals surface area contributed by atoms with Gasteiger partial charge >= 0.3 is 0 Å². The van der Waals surface area contributed by atoms with Crippen molar-refractivity contribution >= 4 is 43.7 Å². The van der Waals surface area contributed by atoms with Crippen LogP contribution >= 0.6 is 0 Å². The number of rotatable bonds is 8. The van der Waals surface area contributed by atoms with Crippen LogP contribution in [0.2, 0.25) is 0 Å². The van der Waals surface area contributed by atoms with Crippen LogP contribution in [-0.2, 0) is 0 Å². The van der Waals surface area contributed by atoms with Crippen LogP contribution < -0.4 is 0 Å². The normalized spacial score (nSPS) is 11.5. The zero-order valence-electron chi connectivity index (χ0n) is 36.8. The minimum atomic E-state index is 0.581. The molecule has 0 aliphatic carbocycles. The van der Waals surface area contributed by atoms with Gasteiger partial charge in [0.05, 0.1) is 11.0 Å². The summed E-state index contributed by atoms with van der Waals surface area (Å²) in [5.74, 6) is 1.78. The second-order valence-electron chi connectivity index (χ2n) is 17.2. The van der Waals surface area contributed by atoms with Crippen molar-refractivity contribution in [3.8, 4) is 84.4 Å². The van der Waals surface area contributed by atoms with Gasteiger partial charge < -0.3 is 8.98 Å². The highest BCUT2D eigenvalue weighted by Gasteiger charge is 2.18. The Morgan fingerprint density at radius 1 is 0.250 bits per heavy atom. The van der Waals surface area contributed by atoms with Crippen molar-refractivity contribution < 1.29 is 4.42 Å². The van der Waals surface area contributed by atoms with E-state index in [9.17, 15) is 0 Å². The number of hydrogen-bond acceptors (Lipinski definition) is 4. The topological polar surface area (TPSA) is 56.7 Å². The molecule has 0 spiro atoms. The van der Waals surface area contributed by atoms with Crippen molar-refractivity contribution in [2.24, 2.45) is 0 Å². The predicted octanol–water partition coefficient (Wildman–Crippen LogP) is 16.5. The molecular formula is C63H40N4O. The Morgan fingerprint density at radius 3 is 1.40 bits per heavy atom. The van der Waals surface area contributed by atoms with Crippen LogP contribution in [0.3, 0.4) is 0 Å². The number of benzene rings is 10. The number of aromatic nitrogens is 4. The van der Waals surface area contributed by atoms with E-state index in [0.29, 0.717) is 17.5 Å². The summed E-state index contributed by atoms with van der Waals surface area (Å²) >= 11 is 0. The van der Waals surface area contributed by atoms with E-state index in [-0.39, 0.29) is 0 Å². The highest BCUT2D eigenvalue weighted by atomic mass is 16.3.